The summed E-state index contributed by atoms with van der Waals surface area (Å²) < 4.78 is 43.3. The summed E-state index contributed by atoms with van der Waals surface area (Å²) in [5, 5.41) is 3.20. The Kier molecular flexibility index (Phi) is 7.73. The van der Waals surface area contributed by atoms with Crippen molar-refractivity contribution in [3.63, 3.8) is 0 Å². The second-order valence-corrected chi connectivity index (χ2v) is 6.84. The lowest BCUT2D eigenvalue weighted by atomic mass is 10.1. The third kappa shape index (κ3) is 6.74. The molecule has 1 atom stereocenters. The smallest absolute Gasteiger partial charge is 0.401 e. The molecule has 1 unspecified atom stereocenters. The molecule has 2 heterocycles. The molecule has 0 spiro atoms. The minimum Gasteiger partial charge on any atom is -0.454 e. The van der Waals surface area contributed by atoms with Crippen molar-refractivity contribution in [1.82, 2.24) is 15.1 Å². The second-order valence-electron chi connectivity index (χ2n) is 6.84. The van der Waals surface area contributed by atoms with Crippen LogP contribution in [0.5, 0.6) is 0 Å². The molecule has 1 fully saturated rings. The minimum absolute atomic E-state index is 0.0840. The number of aliphatic imine (C=N–C) groups is 1. The number of rotatable bonds is 8. The molecule has 0 aliphatic carbocycles. The van der Waals surface area contributed by atoms with Crippen LogP contribution in [-0.2, 0) is 6.54 Å². The van der Waals surface area contributed by atoms with E-state index in [0.29, 0.717) is 37.9 Å². The van der Waals surface area contributed by atoms with Crippen LogP contribution in [0.1, 0.15) is 36.6 Å². The Labute approximate surface area is 162 Å². The number of furan rings is 1. The Hall–Kier alpha value is -2.23. The number of nitrogens with two attached hydrogens (primary N) is 1. The molecule has 158 valence electrons. The normalized spacial score (nSPS) is 18.1. The van der Waals surface area contributed by atoms with Crippen molar-refractivity contribution in [1.29, 1.82) is 0 Å². The van der Waals surface area contributed by atoms with Gasteiger partial charge < -0.3 is 20.4 Å². The van der Waals surface area contributed by atoms with Crippen LogP contribution in [0.15, 0.2) is 21.5 Å². The van der Waals surface area contributed by atoms with Gasteiger partial charge in [0, 0.05) is 26.2 Å². The number of amides is 1. The van der Waals surface area contributed by atoms with Gasteiger partial charge in [-0.3, -0.25) is 9.69 Å². The summed E-state index contributed by atoms with van der Waals surface area (Å²) >= 11 is 0. The van der Waals surface area contributed by atoms with Crippen molar-refractivity contribution < 1.29 is 22.4 Å². The van der Waals surface area contributed by atoms with E-state index in [0.717, 1.165) is 13.0 Å². The Morgan fingerprint density at radius 3 is 2.75 bits per heavy atom. The number of guanidine groups is 1. The maximum absolute atomic E-state index is 12.7. The Bertz CT molecular complexity index is 674. The molecule has 7 nitrogen and oxygen atoms in total. The van der Waals surface area contributed by atoms with Gasteiger partial charge in [0.05, 0.1) is 6.54 Å². The van der Waals surface area contributed by atoms with Gasteiger partial charge >= 0.3 is 6.18 Å². The number of carbonyl (C=O) groups is 1. The number of halogens is 3. The predicted octanol–water partition coefficient (Wildman–Crippen LogP) is 2.05. The van der Waals surface area contributed by atoms with Crippen molar-refractivity contribution in [2.24, 2.45) is 16.6 Å². The van der Waals surface area contributed by atoms with Crippen LogP contribution in [0.2, 0.25) is 0 Å². The molecule has 1 aliphatic heterocycles. The monoisotopic (exact) mass is 403 g/mol. The highest BCUT2D eigenvalue weighted by molar-refractivity contribution is 5.89. The summed E-state index contributed by atoms with van der Waals surface area (Å²) in [6.07, 6.45) is -3.37. The van der Waals surface area contributed by atoms with Crippen LogP contribution in [0.3, 0.4) is 0 Å². The number of alkyl halides is 3. The number of nitrogens with zero attached hydrogens (tertiary/aromatic N) is 3. The summed E-state index contributed by atoms with van der Waals surface area (Å²) in [6, 6.07) is 3.15. The Morgan fingerprint density at radius 1 is 1.43 bits per heavy atom. The van der Waals surface area contributed by atoms with Crippen molar-refractivity contribution in [3.05, 3.63) is 23.7 Å². The molecule has 3 N–H and O–H groups in total. The topological polar surface area (TPSA) is 87.1 Å². The van der Waals surface area contributed by atoms with Gasteiger partial charge in [0.25, 0.3) is 5.91 Å². The number of hydrogen-bond acceptors (Lipinski definition) is 4. The summed E-state index contributed by atoms with van der Waals surface area (Å²) in [7, 11) is 0. The van der Waals surface area contributed by atoms with Crippen molar-refractivity contribution in [3.8, 4) is 0 Å². The van der Waals surface area contributed by atoms with Gasteiger partial charge in [-0.1, -0.05) is 6.92 Å². The van der Waals surface area contributed by atoms with Gasteiger partial charge in [-0.2, -0.15) is 13.2 Å². The van der Waals surface area contributed by atoms with Crippen molar-refractivity contribution in [2.45, 2.75) is 33.0 Å². The lowest BCUT2D eigenvalue weighted by molar-refractivity contribution is -0.146. The summed E-state index contributed by atoms with van der Waals surface area (Å²) in [6.45, 7) is 5.87. The largest absolute Gasteiger partial charge is 0.454 e. The van der Waals surface area contributed by atoms with Crippen molar-refractivity contribution in [2.75, 3.05) is 39.3 Å². The van der Waals surface area contributed by atoms with Gasteiger partial charge in [-0.05, 0) is 37.9 Å². The average Bonchev–Trinajstić information content (AvgIpc) is 3.26. The van der Waals surface area contributed by atoms with Gasteiger partial charge in [0.1, 0.15) is 12.3 Å². The van der Waals surface area contributed by atoms with Gasteiger partial charge in [-0.25, -0.2) is 4.99 Å². The molecule has 0 radical (unpaired) electrons. The second kappa shape index (κ2) is 9.81. The van der Waals surface area contributed by atoms with Gasteiger partial charge in [-0.15, -0.1) is 0 Å². The summed E-state index contributed by atoms with van der Waals surface area (Å²) in [4.78, 5) is 19.1. The molecule has 1 saturated heterocycles. The van der Waals surface area contributed by atoms with Crippen molar-refractivity contribution >= 4 is 11.9 Å². The van der Waals surface area contributed by atoms with E-state index in [9.17, 15) is 18.0 Å². The van der Waals surface area contributed by atoms with Gasteiger partial charge in [0.2, 0.25) is 0 Å². The highest BCUT2D eigenvalue weighted by Gasteiger charge is 2.33. The zero-order valence-electron chi connectivity index (χ0n) is 16.3. The van der Waals surface area contributed by atoms with Crippen LogP contribution in [-0.4, -0.2) is 67.1 Å². The molecule has 0 saturated carbocycles. The fourth-order valence-electron chi connectivity index (χ4n) is 3.27. The number of carbonyl (C=O) groups excluding carboxylic acids is 1. The fraction of sp³-hybridized carbons (Fsp3) is 0.667. The highest BCUT2D eigenvalue weighted by atomic mass is 19.4. The zero-order valence-corrected chi connectivity index (χ0v) is 16.3. The molecule has 10 heteroatoms. The van der Waals surface area contributed by atoms with E-state index in [1.54, 1.807) is 13.0 Å². The molecule has 1 aromatic heterocycles. The van der Waals surface area contributed by atoms with E-state index in [1.807, 2.05) is 11.8 Å². The molecule has 2 rings (SSSR count). The molecular formula is C18H28F3N5O2. The summed E-state index contributed by atoms with van der Waals surface area (Å²) in [5.74, 6) is 0.795. The maximum Gasteiger partial charge on any atom is 0.401 e. The number of likely N-dealkylation sites (tertiary alicyclic amines) is 1. The van der Waals surface area contributed by atoms with E-state index in [2.05, 4.69) is 10.3 Å². The van der Waals surface area contributed by atoms with Crippen LogP contribution in [0, 0.1) is 5.92 Å². The van der Waals surface area contributed by atoms with E-state index in [4.69, 9.17) is 10.2 Å². The van der Waals surface area contributed by atoms with Crippen LogP contribution < -0.4 is 11.1 Å². The zero-order chi connectivity index (χ0) is 20.7. The summed E-state index contributed by atoms with van der Waals surface area (Å²) in [5.41, 5.74) is 5.17. The Morgan fingerprint density at radius 2 is 2.18 bits per heavy atom. The lowest BCUT2D eigenvalue weighted by Crippen LogP contribution is -2.41. The Balaban J connectivity index is 1.95. The third-order valence-corrected chi connectivity index (χ3v) is 4.58. The first-order chi connectivity index (χ1) is 13.2. The third-order valence-electron chi connectivity index (χ3n) is 4.58. The van der Waals surface area contributed by atoms with Crippen LogP contribution in [0.4, 0.5) is 13.2 Å². The predicted molar refractivity (Wildman–Crippen MR) is 99.9 cm³/mol. The standard InChI is InChI=1S/C18H28F3N5O2/c1-3-23-17(24-9-14-5-6-15(28-14)16(22)27)26-8-7-13(11-26)10-25(4-2)12-18(19,20)21/h5-6,13H,3-4,7-12H2,1-2H3,(H2,22,27)(H,23,24). The lowest BCUT2D eigenvalue weighted by Gasteiger charge is -2.26. The number of nitrogens with one attached hydrogen (secondary N) is 1. The molecule has 1 amide bonds. The molecule has 1 aromatic rings. The average molecular weight is 403 g/mol. The molecule has 0 bridgehead atoms. The SMILES string of the molecule is CCNC(=NCc1ccc(C(N)=O)o1)N1CCC(CN(CC)CC(F)(F)F)C1. The molecular weight excluding hydrogens is 375 g/mol. The first-order valence-electron chi connectivity index (χ1n) is 9.42. The number of primary amides is 1. The van der Waals surface area contributed by atoms with Crippen LogP contribution in [0.25, 0.3) is 0 Å². The maximum atomic E-state index is 12.7. The fourth-order valence-corrected chi connectivity index (χ4v) is 3.27. The quantitative estimate of drug-likeness (QED) is 0.513. The molecule has 28 heavy (non-hydrogen) atoms. The highest BCUT2D eigenvalue weighted by Crippen LogP contribution is 2.21. The van der Waals surface area contributed by atoms with E-state index in [1.165, 1.54) is 11.0 Å². The van der Waals surface area contributed by atoms with Gasteiger partial charge in [0.15, 0.2) is 11.7 Å². The van der Waals surface area contributed by atoms with E-state index < -0.39 is 18.6 Å². The molecule has 0 aromatic carbocycles. The first-order valence-corrected chi connectivity index (χ1v) is 9.42. The van der Waals surface area contributed by atoms with E-state index in [-0.39, 0.29) is 18.2 Å². The first kappa shape index (κ1) is 22.1. The van der Waals surface area contributed by atoms with Crippen LogP contribution >= 0.6 is 0 Å². The minimum atomic E-state index is -4.18. The molecule has 1 aliphatic rings. The van der Waals surface area contributed by atoms with E-state index >= 15 is 0 Å². The number of hydrogen-bond donors (Lipinski definition) is 2.